The van der Waals surface area contributed by atoms with Gasteiger partial charge in [0.1, 0.15) is 54.9 Å². The highest BCUT2D eigenvalue weighted by molar-refractivity contribution is 14.1. The summed E-state index contributed by atoms with van der Waals surface area (Å²) in [6, 6.07) is 1.61. The quantitative estimate of drug-likeness (QED) is 0.0410. The number of fused-ring (bicyclic) bond motifs is 1. The molecule has 0 radical (unpaired) electrons. The standard InChI is InChI=1S/C45H62IN11O13/c1-6-13-45(46,7-2)27-16-31(61)56(43(27)67)14-12-30(60)53-32(22(3)4)41(66)51-23(5)39(64)52-25-10-8-24(9-11-25)19-69-44(68)57-17-26(59)15-28(57)40(65)54-33-29(18-58)70-42(36(63)35(33)62)55-38-34-37(48-20-47-34)49-21-50-38/h8-11,20-23,26-29,32-33,35-36,42,58-59,62-63H,6-7,12-19H2,1-5H3,(H,51,66)(H,52,64)(H,53,60)(H,54,65)(H2,47,48,49,50,55)/t23-,26-,27?,28+,29-,32-,33-,35+,36-,42-,45?/m0/s1. The molecule has 5 heterocycles. The van der Waals surface area contributed by atoms with E-state index in [0.29, 0.717) is 22.4 Å². The van der Waals surface area contributed by atoms with Gasteiger partial charge in [-0.05, 0) is 43.4 Å². The number of hydrogen-bond acceptors (Lipinski definition) is 17. The van der Waals surface area contributed by atoms with Crippen LogP contribution in [0.15, 0.2) is 36.9 Å². The molecule has 7 amide bonds. The van der Waals surface area contributed by atoms with E-state index in [1.165, 1.54) is 19.6 Å². The molecule has 3 fully saturated rings. The molecule has 3 saturated heterocycles. The predicted molar refractivity (Wildman–Crippen MR) is 257 cm³/mol. The number of likely N-dealkylation sites (tertiary alicyclic amines) is 2. The van der Waals surface area contributed by atoms with Crippen molar-refractivity contribution in [1.29, 1.82) is 0 Å². The number of aromatic amines is 1. The van der Waals surface area contributed by atoms with Crippen LogP contribution in [-0.2, 0) is 44.8 Å². The first kappa shape index (κ1) is 53.7. The van der Waals surface area contributed by atoms with Crippen molar-refractivity contribution in [3.05, 3.63) is 42.5 Å². The van der Waals surface area contributed by atoms with Gasteiger partial charge in [-0.1, -0.05) is 68.8 Å². The maximum absolute atomic E-state index is 13.6. The maximum atomic E-state index is 13.6. The summed E-state index contributed by atoms with van der Waals surface area (Å²) in [4.78, 5) is 110. The Kier molecular flexibility index (Phi) is 18.1. The Morgan fingerprint density at radius 2 is 1.73 bits per heavy atom. The van der Waals surface area contributed by atoms with E-state index in [-0.39, 0.29) is 65.9 Å². The van der Waals surface area contributed by atoms with Gasteiger partial charge in [-0.25, -0.2) is 19.7 Å². The summed E-state index contributed by atoms with van der Waals surface area (Å²) < 4.78 is 11.0. The van der Waals surface area contributed by atoms with Gasteiger partial charge >= 0.3 is 6.09 Å². The number of imide groups is 1. The Hall–Kier alpha value is -5.61. The number of benzene rings is 1. The van der Waals surface area contributed by atoms with Gasteiger partial charge < -0.3 is 61.5 Å². The number of β-amino-alcohol motifs (C(OH)–C–C–N with tert-alkyl or cyclic N) is 1. The third kappa shape index (κ3) is 12.5. The molecule has 10 N–H and O–H groups in total. The monoisotopic (exact) mass is 1090 g/mol. The third-order valence-electron chi connectivity index (χ3n) is 12.8. The first-order valence-corrected chi connectivity index (χ1v) is 24.3. The number of aliphatic hydroxyl groups is 4. The highest BCUT2D eigenvalue weighted by Crippen LogP contribution is 2.42. The van der Waals surface area contributed by atoms with Crippen LogP contribution in [0, 0.1) is 11.8 Å². The number of ether oxygens (including phenoxy) is 2. The van der Waals surface area contributed by atoms with Crippen molar-refractivity contribution in [2.45, 2.75) is 138 Å². The topological polar surface area (TPSA) is 340 Å². The molecule has 1 aromatic carbocycles. The summed E-state index contributed by atoms with van der Waals surface area (Å²) in [6.45, 7) is 7.67. The zero-order valence-electron chi connectivity index (χ0n) is 39.5. The SMILES string of the molecule is CCCC(I)(CC)C1CC(=O)N(CCC(=O)N[C@H](C(=O)N[C@@H](C)C(=O)Nc2ccc(COC(=O)N3C[C@@H](O)C[C@@H]3C(=O)N[C@@H]3[C@@H](O)[C@H](O)[C@@H](Nc4ncnc5nc[nH]c45)O[C@H]3CO)cc2)C(C)C)C1=O. The molecule has 11 atom stereocenters. The third-order valence-corrected chi connectivity index (χ3v) is 14.9. The van der Waals surface area contributed by atoms with Gasteiger partial charge in [0.05, 0.1) is 37.5 Å². The van der Waals surface area contributed by atoms with E-state index < -0.39 is 97.1 Å². The summed E-state index contributed by atoms with van der Waals surface area (Å²) in [5.74, 6) is -3.74. The van der Waals surface area contributed by atoms with E-state index in [4.69, 9.17) is 9.47 Å². The molecule has 6 rings (SSSR count). The number of aromatic nitrogens is 4. The minimum absolute atomic E-state index is 0.0996. The number of carbonyl (C=O) groups excluding carboxylic acids is 7. The zero-order valence-corrected chi connectivity index (χ0v) is 41.6. The number of nitrogens with one attached hydrogen (secondary N) is 6. The fraction of sp³-hybridized carbons (Fsp3) is 0.600. The molecule has 0 bridgehead atoms. The van der Waals surface area contributed by atoms with E-state index in [2.05, 4.69) is 69.1 Å². The number of rotatable bonds is 20. The molecule has 0 spiro atoms. The Bertz CT molecular complexity index is 2370. The van der Waals surface area contributed by atoms with Crippen LogP contribution in [0.4, 0.5) is 16.3 Å². The van der Waals surface area contributed by atoms with Gasteiger partial charge in [-0.2, -0.15) is 0 Å². The number of anilines is 2. The van der Waals surface area contributed by atoms with Gasteiger partial charge in [0.25, 0.3) is 0 Å². The summed E-state index contributed by atoms with van der Waals surface area (Å²) in [5.41, 5.74) is 1.58. The number of hydrogen-bond donors (Lipinski definition) is 10. The number of aliphatic hydroxyl groups excluding tert-OH is 4. The molecule has 2 aromatic heterocycles. The number of imidazole rings is 1. The molecule has 3 aliphatic heterocycles. The molecular formula is C45H62IN11O13. The van der Waals surface area contributed by atoms with Gasteiger partial charge in [0.15, 0.2) is 17.7 Å². The number of H-pyrrole nitrogens is 1. The second-order valence-corrected chi connectivity index (χ2v) is 20.3. The second-order valence-electron chi connectivity index (χ2n) is 18.1. The van der Waals surface area contributed by atoms with Gasteiger partial charge in [0.2, 0.25) is 35.4 Å². The van der Waals surface area contributed by atoms with E-state index in [1.54, 1.807) is 38.1 Å². The lowest BCUT2D eigenvalue weighted by Crippen LogP contribution is -2.67. The van der Waals surface area contributed by atoms with Crippen molar-refractivity contribution in [2.24, 2.45) is 11.8 Å². The normalized spacial score (nSPS) is 25.3. The van der Waals surface area contributed by atoms with Gasteiger partial charge in [0, 0.05) is 34.9 Å². The fourth-order valence-corrected chi connectivity index (χ4v) is 9.84. The zero-order chi connectivity index (χ0) is 51.0. The van der Waals surface area contributed by atoms with Crippen LogP contribution >= 0.6 is 22.6 Å². The smallest absolute Gasteiger partial charge is 0.410 e. The first-order chi connectivity index (χ1) is 33.3. The average molecular weight is 1090 g/mol. The molecular weight excluding hydrogens is 1030 g/mol. The van der Waals surface area contributed by atoms with Crippen molar-refractivity contribution in [1.82, 2.24) is 45.7 Å². The lowest BCUT2D eigenvalue weighted by Gasteiger charge is -2.43. The Labute approximate surface area is 416 Å². The number of amides is 7. The van der Waals surface area contributed by atoms with Crippen LogP contribution in [0.3, 0.4) is 0 Å². The highest BCUT2D eigenvalue weighted by Gasteiger charge is 2.50. The van der Waals surface area contributed by atoms with Crippen molar-refractivity contribution in [3.63, 3.8) is 0 Å². The van der Waals surface area contributed by atoms with Crippen LogP contribution in [0.25, 0.3) is 11.2 Å². The van der Waals surface area contributed by atoms with Crippen LogP contribution in [0.5, 0.6) is 0 Å². The van der Waals surface area contributed by atoms with Crippen LogP contribution in [-0.4, -0.2) is 170 Å². The van der Waals surface area contributed by atoms with E-state index in [9.17, 15) is 54.0 Å². The predicted octanol–water partition coefficient (Wildman–Crippen LogP) is 0.194. The number of halogens is 1. The van der Waals surface area contributed by atoms with Crippen LogP contribution in [0.2, 0.25) is 0 Å². The first-order valence-electron chi connectivity index (χ1n) is 23.3. The molecule has 2 unspecified atom stereocenters. The molecule has 24 nitrogen and oxygen atoms in total. The van der Waals surface area contributed by atoms with Crippen molar-refractivity contribution < 1.29 is 63.5 Å². The fourth-order valence-electron chi connectivity index (χ4n) is 8.81. The van der Waals surface area contributed by atoms with E-state index in [0.717, 1.165) is 29.1 Å². The number of carbonyl (C=O) groups is 7. The van der Waals surface area contributed by atoms with Gasteiger partial charge in [-0.3, -0.25) is 38.6 Å². The molecule has 382 valence electrons. The summed E-state index contributed by atoms with van der Waals surface area (Å²) >= 11 is 2.29. The van der Waals surface area contributed by atoms with Gasteiger partial charge in [-0.15, -0.1) is 0 Å². The number of nitrogens with zero attached hydrogens (tertiary/aromatic N) is 5. The largest absolute Gasteiger partial charge is 0.445 e. The molecule has 3 aliphatic rings. The summed E-state index contributed by atoms with van der Waals surface area (Å²) in [6.07, 6.45) is -3.06. The van der Waals surface area contributed by atoms with Crippen molar-refractivity contribution in [3.8, 4) is 0 Å². The molecule has 70 heavy (non-hydrogen) atoms. The average Bonchev–Trinajstić information content (AvgIpc) is 4.06. The van der Waals surface area contributed by atoms with Crippen molar-refractivity contribution >= 4 is 86.8 Å². The number of alkyl halides is 1. The highest BCUT2D eigenvalue weighted by atomic mass is 127. The minimum Gasteiger partial charge on any atom is -0.445 e. The molecule has 3 aromatic rings. The Morgan fingerprint density at radius 1 is 1.00 bits per heavy atom. The van der Waals surface area contributed by atoms with E-state index in [1.807, 2.05) is 13.8 Å². The molecule has 25 heteroatoms. The summed E-state index contributed by atoms with van der Waals surface area (Å²) in [5, 5.41) is 56.1. The molecule has 0 aliphatic carbocycles. The van der Waals surface area contributed by atoms with E-state index >= 15 is 0 Å². The minimum atomic E-state index is -1.66. The lowest BCUT2D eigenvalue weighted by molar-refractivity contribution is -0.185. The Morgan fingerprint density at radius 3 is 2.40 bits per heavy atom. The van der Waals surface area contributed by atoms with Crippen molar-refractivity contribution in [2.75, 3.05) is 30.3 Å². The maximum Gasteiger partial charge on any atom is 0.410 e. The van der Waals surface area contributed by atoms with Crippen LogP contribution in [0.1, 0.15) is 78.7 Å². The Balaban J connectivity index is 0.952. The van der Waals surface area contributed by atoms with Crippen LogP contribution < -0.4 is 26.6 Å². The summed E-state index contributed by atoms with van der Waals surface area (Å²) in [7, 11) is 0. The lowest BCUT2D eigenvalue weighted by atomic mass is 9.85. The second kappa shape index (κ2) is 23.5. The molecule has 0 saturated carbocycles.